The van der Waals surface area contributed by atoms with Crippen molar-refractivity contribution in [1.29, 1.82) is 0 Å². The van der Waals surface area contributed by atoms with Gasteiger partial charge >= 0.3 is 0 Å². The Morgan fingerprint density at radius 1 is 1.41 bits per heavy atom. The molecule has 0 fully saturated rings. The summed E-state index contributed by atoms with van der Waals surface area (Å²) in [6.45, 7) is 2.01. The number of benzene rings is 1. The molecule has 0 atom stereocenters. The zero-order valence-electron chi connectivity index (χ0n) is 9.51. The molecule has 0 amide bonds. The van der Waals surface area contributed by atoms with Crippen molar-refractivity contribution in [2.24, 2.45) is 0 Å². The zero-order chi connectivity index (χ0) is 12.3. The number of rotatable bonds is 5. The van der Waals surface area contributed by atoms with Crippen LogP contribution in [0.25, 0.3) is 11.1 Å². The normalized spacial score (nSPS) is 12.1. The smallest absolute Gasteiger partial charge is 0.211 e. The molecule has 0 aliphatic heterocycles. The summed E-state index contributed by atoms with van der Waals surface area (Å²) in [5.74, 6) is 0.105. The van der Waals surface area contributed by atoms with Gasteiger partial charge in [0.1, 0.15) is 5.52 Å². The summed E-state index contributed by atoms with van der Waals surface area (Å²) in [5, 5.41) is 0. The average Bonchev–Trinajstić information content (AvgIpc) is 2.76. The van der Waals surface area contributed by atoms with Crippen molar-refractivity contribution in [3.8, 4) is 0 Å². The van der Waals surface area contributed by atoms with Crippen LogP contribution in [0.2, 0.25) is 0 Å². The number of hydrogen-bond donors (Lipinski definition) is 1. The molecule has 0 saturated carbocycles. The van der Waals surface area contributed by atoms with Gasteiger partial charge in [0.15, 0.2) is 12.0 Å². The Hall–Kier alpha value is -1.40. The molecule has 0 aliphatic rings. The Balaban J connectivity index is 1.99. The summed E-state index contributed by atoms with van der Waals surface area (Å²) in [5.41, 5.74) is 2.55. The highest BCUT2D eigenvalue weighted by atomic mass is 32.2. The van der Waals surface area contributed by atoms with Crippen molar-refractivity contribution in [2.45, 2.75) is 13.3 Å². The Kier molecular flexibility index (Phi) is 3.44. The lowest BCUT2D eigenvalue weighted by molar-refractivity contribution is 0.583. The van der Waals surface area contributed by atoms with E-state index >= 15 is 0 Å². The molecule has 1 N–H and O–H groups in total. The van der Waals surface area contributed by atoms with Gasteiger partial charge in [0, 0.05) is 6.54 Å². The van der Waals surface area contributed by atoms with Gasteiger partial charge in [-0.1, -0.05) is 6.07 Å². The molecular weight excluding hydrogens is 240 g/mol. The molecular formula is C11H14N2O3S. The zero-order valence-corrected chi connectivity index (χ0v) is 10.3. The lowest BCUT2D eigenvalue weighted by Crippen LogP contribution is -2.27. The van der Waals surface area contributed by atoms with Crippen LogP contribution in [0.15, 0.2) is 29.0 Å². The van der Waals surface area contributed by atoms with Gasteiger partial charge in [-0.15, -0.1) is 0 Å². The SMILES string of the molecule is CCS(=O)(=O)NCCc1ccc2ncoc2c1. The summed E-state index contributed by atoms with van der Waals surface area (Å²) in [7, 11) is -3.11. The van der Waals surface area contributed by atoms with Crippen molar-refractivity contribution in [3.63, 3.8) is 0 Å². The van der Waals surface area contributed by atoms with Gasteiger partial charge in [0.2, 0.25) is 10.0 Å². The van der Waals surface area contributed by atoms with Gasteiger partial charge in [0.05, 0.1) is 5.75 Å². The Morgan fingerprint density at radius 3 is 3.00 bits per heavy atom. The molecule has 0 aliphatic carbocycles. The second-order valence-electron chi connectivity index (χ2n) is 3.70. The van der Waals surface area contributed by atoms with E-state index in [1.807, 2.05) is 18.2 Å². The second kappa shape index (κ2) is 4.85. The van der Waals surface area contributed by atoms with Gasteiger partial charge in [-0.3, -0.25) is 0 Å². The van der Waals surface area contributed by atoms with Crippen LogP contribution in [0.4, 0.5) is 0 Å². The molecule has 17 heavy (non-hydrogen) atoms. The molecule has 6 heteroatoms. The van der Waals surface area contributed by atoms with Crippen LogP contribution in [0.1, 0.15) is 12.5 Å². The summed E-state index contributed by atoms with van der Waals surface area (Å²) in [4.78, 5) is 4.01. The van der Waals surface area contributed by atoms with Crippen LogP contribution < -0.4 is 4.72 Å². The Morgan fingerprint density at radius 2 is 2.24 bits per heavy atom. The highest BCUT2D eigenvalue weighted by Gasteiger charge is 2.05. The number of sulfonamides is 1. The number of oxazole rings is 1. The number of nitrogens with one attached hydrogen (secondary N) is 1. The van der Waals surface area contributed by atoms with Crippen LogP contribution in [-0.2, 0) is 16.4 Å². The van der Waals surface area contributed by atoms with Crippen molar-refractivity contribution in [3.05, 3.63) is 30.2 Å². The topological polar surface area (TPSA) is 72.2 Å². The summed E-state index contributed by atoms with van der Waals surface area (Å²) in [6, 6.07) is 5.66. The van der Waals surface area contributed by atoms with Crippen LogP contribution in [0, 0.1) is 0 Å². The van der Waals surface area contributed by atoms with E-state index in [1.54, 1.807) is 6.92 Å². The Labute approximate surface area is 99.9 Å². The molecule has 5 nitrogen and oxygen atoms in total. The Bertz CT molecular complexity index is 604. The average molecular weight is 254 g/mol. The minimum atomic E-state index is -3.11. The molecule has 2 rings (SSSR count). The second-order valence-corrected chi connectivity index (χ2v) is 5.80. The number of fused-ring (bicyclic) bond motifs is 1. The quantitative estimate of drug-likeness (QED) is 0.873. The van der Waals surface area contributed by atoms with E-state index in [9.17, 15) is 8.42 Å². The highest BCUT2D eigenvalue weighted by molar-refractivity contribution is 7.89. The van der Waals surface area contributed by atoms with E-state index in [1.165, 1.54) is 6.39 Å². The largest absolute Gasteiger partial charge is 0.443 e. The van der Waals surface area contributed by atoms with E-state index in [0.29, 0.717) is 13.0 Å². The van der Waals surface area contributed by atoms with Crippen LogP contribution in [-0.4, -0.2) is 25.7 Å². The molecule has 1 heterocycles. The fraction of sp³-hybridized carbons (Fsp3) is 0.364. The van der Waals surface area contributed by atoms with Gasteiger partial charge in [0.25, 0.3) is 0 Å². The van der Waals surface area contributed by atoms with E-state index in [0.717, 1.165) is 16.7 Å². The highest BCUT2D eigenvalue weighted by Crippen LogP contribution is 2.14. The number of aromatic nitrogens is 1. The van der Waals surface area contributed by atoms with Gasteiger partial charge in [-0.05, 0) is 31.0 Å². The first kappa shape index (κ1) is 12.1. The molecule has 0 saturated heterocycles. The van der Waals surface area contributed by atoms with Gasteiger partial charge in [-0.25, -0.2) is 18.1 Å². The molecule has 1 aromatic carbocycles. The summed E-state index contributed by atoms with van der Waals surface area (Å²) in [6.07, 6.45) is 2.03. The van der Waals surface area contributed by atoms with Crippen LogP contribution in [0.3, 0.4) is 0 Å². The first-order valence-electron chi connectivity index (χ1n) is 5.40. The van der Waals surface area contributed by atoms with Crippen LogP contribution in [0.5, 0.6) is 0 Å². The fourth-order valence-corrected chi connectivity index (χ4v) is 2.13. The molecule has 0 bridgehead atoms. The maximum absolute atomic E-state index is 11.2. The molecule has 0 spiro atoms. The summed E-state index contributed by atoms with van der Waals surface area (Å²) >= 11 is 0. The molecule has 92 valence electrons. The maximum Gasteiger partial charge on any atom is 0.211 e. The lowest BCUT2D eigenvalue weighted by atomic mass is 10.1. The van der Waals surface area contributed by atoms with Crippen molar-refractivity contribution in [2.75, 3.05) is 12.3 Å². The number of nitrogens with zero attached hydrogens (tertiary/aromatic N) is 1. The minimum absolute atomic E-state index is 0.105. The molecule has 0 radical (unpaired) electrons. The molecule has 1 aromatic heterocycles. The predicted molar refractivity (Wildman–Crippen MR) is 65.2 cm³/mol. The van der Waals surface area contributed by atoms with Gasteiger partial charge < -0.3 is 4.42 Å². The third-order valence-corrected chi connectivity index (χ3v) is 3.92. The van der Waals surface area contributed by atoms with E-state index in [-0.39, 0.29) is 5.75 Å². The number of hydrogen-bond acceptors (Lipinski definition) is 4. The first-order valence-corrected chi connectivity index (χ1v) is 7.05. The van der Waals surface area contributed by atoms with Crippen LogP contribution >= 0.6 is 0 Å². The first-order chi connectivity index (χ1) is 8.11. The third kappa shape index (κ3) is 3.04. The maximum atomic E-state index is 11.2. The van der Waals surface area contributed by atoms with E-state index in [4.69, 9.17) is 4.42 Å². The van der Waals surface area contributed by atoms with Crippen molar-refractivity contribution in [1.82, 2.24) is 9.71 Å². The molecule has 0 unspecified atom stereocenters. The predicted octanol–water partition coefficient (Wildman–Crippen LogP) is 1.31. The van der Waals surface area contributed by atoms with E-state index < -0.39 is 10.0 Å². The monoisotopic (exact) mass is 254 g/mol. The lowest BCUT2D eigenvalue weighted by Gasteiger charge is -2.04. The van der Waals surface area contributed by atoms with E-state index in [2.05, 4.69) is 9.71 Å². The standard InChI is InChI=1S/C11H14N2O3S/c1-2-17(14,15)13-6-5-9-3-4-10-11(7-9)16-8-12-10/h3-4,7-8,13H,2,5-6H2,1H3. The molecule has 2 aromatic rings. The third-order valence-electron chi connectivity index (χ3n) is 2.51. The minimum Gasteiger partial charge on any atom is -0.443 e. The summed E-state index contributed by atoms with van der Waals surface area (Å²) < 4.78 is 30.1. The van der Waals surface area contributed by atoms with Gasteiger partial charge in [-0.2, -0.15) is 0 Å². The van der Waals surface area contributed by atoms with Crippen molar-refractivity contribution >= 4 is 21.1 Å². The fourth-order valence-electron chi connectivity index (χ4n) is 1.51. The van der Waals surface area contributed by atoms with Crippen molar-refractivity contribution < 1.29 is 12.8 Å².